The maximum atomic E-state index is 11.9. The van der Waals surface area contributed by atoms with E-state index in [9.17, 15) is 4.79 Å². The number of hydrogen-bond donors (Lipinski definition) is 0. The molecule has 1 fully saturated rings. The fraction of sp³-hybridized carbons (Fsp3) is 0.417. The zero-order valence-corrected chi connectivity index (χ0v) is 8.12. The van der Waals surface area contributed by atoms with Gasteiger partial charge in [-0.1, -0.05) is 12.1 Å². The van der Waals surface area contributed by atoms with Crippen molar-refractivity contribution in [3.05, 3.63) is 35.9 Å². The van der Waals surface area contributed by atoms with Crippen LogP contribution in [-0.4, -0.2) is 23.9 Å². The maximum absolute atomic E-state index is 11.9. The lowest BCUT2D eigenvalue weighted by atomic mass is 10.1. The van der Waals surface area contributed by atoms with Crippen molar-refractivity contribution in [3.63, 3.8) is 0 Å². The van der Waals surface area contributed by atoms with E-state index < -0.39 is 0 Å². The van der Waals surface area contributed by atoms with Gasteiger partial charge in [0.2, 0.25) is 0 Å². The van der Waals surface area contributed by atoms with Crippen LogP contribution in [0.3, 0.4) is 0 Å². The van der Waals surface area contributed by atoms with Crippen LogP contribution in [0.15, 0.2) is 18.2 Å². The van der Waals surface area contributed by atoms with E-state index in [0.29, 0.717) is 5.56 Å². The van der Waals surface area contributed by atoms with E-state index in [2.05, 4.69) is 12.1 Å². The molecule has 1 aromatic rings. The maximum Gasteiger partial charge on any atom is 0.254 e. The molecule has 2 nitrogen and oxygen atoms in total. The van der Waals surface area contributed by atoms with E-state index in [4.69, 9.17) is 0 Å². The number of rotatable bonds is 1. The van der Waals surface area contributed by atoms with Crippen LogP contribution in [0, 0.1) is 12.1 Å². The highest BCUT2D eigenvalue weighted by Gasteiger charge is 2.17. The molecule has 1 aliphatic rings. The van der Waals surface area contributed by atoms with Crippen molar-refractivity contribution in [2.75, 3.05) is 13.1 Å². The third kappa shape index (κ3) is 1.95. The van der Waals surface area contributed by atoms with Gasteiger partial charge in [0, 0.05) is 18.7 Å². The summed E-state index contributed by atoms with van der Waals surface area (Å²) < 4.78 is 0. The molecule has 14 heavy (non-hydrogen) atoms. The summed E-state index contributed by atoms with van der Waals surface area (Å²) in [5.41, 5.74) is 0.634. The Hall–Kier alpha value is -1.31. The molecule has 2 radical (unpaired) electrons. The number of hydrogen-bond acceptors (Lipinski definition) is 1. The zero-order chi connectivity index (χ0) is 9.80. The van der Waals surface area contributed by atoms with Gasteiger partial charge in [-0.15, -0.1) is 0 Å². The third-order valence-corrected chi connectivity index (χ3v) is 2.52. The first kappa shape index (κ1) is 9.25. The van der Waals surface area contributed by atoms with Gasteiger partial charge in [-0.2, -0.15) is 0 Å². The first-order chi connectivity index (χ1) is 6.88. The number of carbonyl (C=O) groups is 1. The van der Waals surface area contributed by atoms with Crippen molar-refractivity contribution in [2.24, 2.45) is 0 Å². The molecule has 1 aromatic carbocycles. The summed E-state index contributed by atoms with van der Waals surface area (Å²) in [5.74, 6) is 0.0987. The van der Waals surface area contributed by atoms with Gasteiger partial charge in [-0.3, -0.25) is 4.79 Å². The summed E-state index contributed by atoms with van der Waals surface area (Å²) in [7, 11) is 0. The lowest BCUT2D eigenvalue weighted by Gasteiger charge is -2.26. The molecule has 0 bridgehead atoms. The van der Waals surface area contributed by atoms with Gasteiger partial charge in [-0.05, 0) is 37.5 Å². The predicted octanol–water partition coefficient (Wildman–Crippen LogP) is 1.91. The molecule has 1 aliphatic heterocycles. The lowest BCUT2D eigenvalue weighted by Crippen LogP contribution is -2.35. The highest BCUT2D eigenvalue weighted by Crippen LogP contribution is 2.12. The number of benzene rings is 1. The second kappa shape index (κ2) is 4.27. The van der Waals surface area contributed by atoms with E-state index in [1.54, 1.807) is 18.2 Å². The molecule has 1 amide bonds. The van der Waals surface area contributed by atoms with Crippen LogP contribution in [0.1, 0.15) is 29.6 Å². The van der Waals surface area contributed by atoms with Crippen molar-refractivity contribution in [3.8, 4) is 0 Å². The lowest BCUT2D eigenvalue weighted by molar-refractivity contribution is 0.0724. The van der Waals surface area contributed by atoms with E-state index >= 15 is 0 Å². The molecule has 0 atom stereocenters. The summed E-state index contributed by atoms with van der Waals surface area (Å²) in [5, 5.41) is 0. The largest absolute Gasteiger partial charge is 0.339 e. The number of carbonyl (C=O) groups excluding carboxylic acids is 1. The van der Waals surface area contributed by atoms with Gasteiger partial charge in [0.1, 0.15) is 0 Å². The summed E-state index contributed by atoms with van der Waals surface area (Å²) in [6.45, 7) is 1.78. The summed E-state index contributed by atoms with van der Waals surface area (Å²) in [6, 6.07) is 11.0. The Kier molecular flexibility index (Phi) is 2.82. The number of likely N-dealkylation sites (tertiary alicyclic amines) is 1. The summed E-state index contributed by atoms with van der Waals surface area (Å²) in [6.07, 6.45) is 3.50. The number of amides is 1. The third-order valence-electron chi connectivity index (χ3n) is 2.52. The SMILES string of the molecule is O=C(c1[c]cc[c]c1)N1CCCCC1. The van der Waals surface area contributed by atoms with Crippen LogP contribution in [0.5, 0.6) is 0 Å². The Bertz CT molecular complexity index is 301. The molecule has 0 aliphatic carbocycles. The van der Waals surface area contributed by atoms with Gasteiger partial charge in [0.15, 0.2) is 0 Å². The Labute approximate surface area is 84.5 Å². The number of nitrogens with zero attached hydrogens (tertiary/aromatic N) is 1. The molecule has 1 heterocycles. The second-order valence-corrected chi connectivity index (χ2v) is 3.56. The molecule has 2 heteroatoms. The standard InChI is InChI=1S/C12H13NO/c14-12(11-7-3-1-4-8-11)13-9-5-2-6-10-13/h1,3,8H,2,5-6,9-10H2. The van der Waals surface area contributed by atoms with Crippen molar-refractivity contribution >= 4 is 5.91 Å². The van der Waals surface area contributed by atoms with E-state index in [1.165, 1.54) is 6.42 Å². The molecular formula is C12H13NO. The van der Waals surface area contributed by atoms with Crippen molar-refractivity contribution in [1.82, 2.24) is 4.90 Å². The quantitative estimate of drug-likeness (QED) is 0.657. The van der Waals surface area contributed by atoms with Crippen LogP contribution >= 0.6 is 0 Å². The molecule has 0 N–H and O–H groups in total. The summed E-state index contributed by atoms with van der Waals surface area (Å²) >= 11 is 0. The van der Waals surface area contributed by atoms with Crippen LogP contribution in [0.2, 0.25) is 0 Å². The first-order valence-electron chi connectivity index (χ1n) is 5.05. The van der Waals surface area contributed by atoms with E-state index in [0.717, 1.165) is 25.9 Å². The Morgan fingerprint density at radius 1 is 1.21 bits per heavy atom. The Morgan fingerprint density at radius 3 is 2.64 bits per heavy atom. The predicted molar refractivity (Wildman–Crippen MR) is 53.9 cm³/mol. The fourth-order valence-electron chi connectivity index (χ4n) is 1.74. The van der Waals surface area contributed by atoms with Crippen LogP contribution < -0.4 is 0 Å². The number of piperidine rings is 1. The average Bonchev–Trinajstić information content (AvgIpc) is 2.30. The van der Waals surface area contributed by atoms with Crippen molar-refractivity contribution in [1.29, 1.82) is 0 Å². The molecule has 0 saturated carbocycles. The van der Waals surface area contributed by atoms with Gasteiger partial charge in [-0.25, -0.2) is 0 Å². The van der Waals surface area contributed by atoms with Gasteiger partial charge in [0.25, 0.3) is 5.91 Å². The molecule has 0 aromatic heterocycles. The molecule has 0 unspecified atom stereocenters. The fourth-order valence-corrected chi connectivity index (χ4v) is 1.74. The molecule has 1 saturated heterocycles. The highest BCUT2D eigenvalue weighted by atomic mass is 16.2. The highest BCUT2D eigenvalue weighted by molar-refractivity contribution is 5.93. The minimum absolute atomic E-state index is 0.0987. The van der Waals surface area contributed by atoms with Crippen LogP contribution in [-0.2, 0) is 0 Å². The smallest absolute Gasteiger partial charge is 0.254 e. The monoisotopic (exact) mass is 187 g/mol. The minimum atomic E-state index is 0.0987. The second-order valence-electron chi connectivity index (χ2n) is 3.56. The van der Waals surface area contributed by atoms with Gasteiger partial charge < -0.3 is 4.90 Å². The Balaban J connectivity index is 2.07. The van der Waals surface area contributed by atoms with Crippen LogP contribution in [0.4, 0.5) is 0 Å². The molecule has 0 spiro atoms. The van der Waals surface area contributed by atoms with Crippen molar-refractivity contribution < 1.29 is 4.79 Å². The zero-order valence-electron chi connectivity index (χ0n) is 8.12. The van der Waals surface area contributed by atoms with Gasteiger partial charge in [0.05, 0.1) is 0 Å². The average molecular weight is 187 g/mol. The van der Waals surface area contributed by atoms with E-state index in [-0.39, 0.29) is 5.91 Å². The topological polar surface area (TPSA) is 20.3 Å². The molecule has 2 rings (SSSR count). The van der Waals surface area contributed by atoms with Crippen LogP contribution in [0.25, 0.3) is 0 Å². The Morgan fingerprint density at radius 2 is 2.00 bits per heavy atom. The molecule has 72 valence electrons. The van der Waals surface area contributed by atoms with Gasteiger partial charge >= 0.3 is 0 Å². The first-order valence-corrected chi connectivity index (χ1v) is 5.05. The minimum Gasteiger partial charge on any atom is -0.339 e. The normalized spacial score (nSPS) is 16.7. The molecular weight excluding hydrogens is 174 g/mol. The van der Waals surface area contributed by atoms with E-state index in [1.807, 2.05) is 4.90 Å². The summed E-state index contributed by atoms with van der Waals surface area (Å²) in [4.78, 5) is 13.8. The van der Waals surface area contributed by atoms with Crippen molar-refractivity contribution in [2.45, 2.75) is 19.3 Å².